The van der Waals surface area contributed by atoms with Crippen molar-refractivity contribution >= 4 is 64.6 Å². The van der Waals surface area contributed by atoms with Gasteiger partial charge in [0.25, 0.3) is 5.69 Å². The van der Waals surface area contributed by atoms with Gasteiger partial charge in [-0.2, -0.15) is 5.26 Å². The van der Waals surface area contributed by atoms with Crippen LogP contribution in [-0.2, 0) is 0 Å². The molecule has 0 unspecified atom stereocenters. The second-order valence-electron chi connectivity index (χ2n) is 5.51. The Morgan fingerprint density at radius 2 is 2.12 bits per heavy atom. The standard InChI is InChI=1S/C18H9BrN4O2S/c19-11-2-1-3-12(6-11)22-16-10(8-20)9-21-17-14-7-13(23(24)25)4-5-15(14)26-18(16)17/h1-7,9H,(H,21,22). The molecule has 0 aliphatic heterocycles. The van der Waals surface area contributed by atoms with Crippen LogP contribution in [0.15, 0.2) is 53.1 Å². The van der Waals surface area contributed by atoms with Crippen LogP contribution < -0.4 is 5.32 Å². The average molecular weight is 425 g/mol. The molecule has 2 aromatic carbocycles. The van der Waals surface area contributed by atoms with E-state index in [1.165, 1.54) is 29.7 Å². The summed E-state index contributed by atoms with van der Waals surface area (Å²) < 4.78 is 2.59. The molecule has 0 spiro atoms. The van der Waals surface area contributed by atoms with Gasteiger partial charge in [0, 0.05) is 38.6 Å². The Balaban J connectivity index is 1.97. The summed E-state index contributed by atoms with van der Waals surface area (Å²) in [7, 11) is 0. The molecule has 0 aliphatic rings. The van der Waals surface area contributed by atoms with Gasteiger partial charge in [-0.25, -0.2) is 0 Å². The van der Waals surface area contributed by atoms with Gasteiger partial charge in [0.05, 0.1) is 26.4 Å². The first-order valence-electron chi connectivity index (χ1n) is 7.49. The molecule has 1 N–H and O–H groups in total. The van der Waals surface area contributed by atoms with E-state index in [0.29, 0.717) is 22.2 Å². The molecular formula is C18H9BrN4O2S. The van der Waals surface area contributed by atoms with Crippen molar-refractivity contribution < 1.29 is 4.92 Å². The monoisotopic (exact) mass is 424 g/mol. The molecule has 0 aliphatic carbocycles. The number of hydrogen-bond acceptors (Lipinski definition) is 6. The molecule has 4 rings (SSSR count). The zero-order valence-corrected chi connectivity index (χ0v) is 15.5. The number of thiophene rings is 1. The van der Waals surface area contributed by atoms with E-state index in [4.69, 9.17) is 0 Å². The van der Waals surface area contributed by atoms with Crippen LogP contribution in [0.1, 0.15) is 5.56 Å². The number of nitro benzene ring substituents is 1. The quantitative estimate of drug-likeness (QED) is 0.334. The van der Waals surface area contributed by atoms with Crippen molar-refractivity contribution in [3.05, 3.63) is 68.8 Å². The van der Waals surface area contributed by atoms with E-state index in [2.05, 4.69) is 32.3 Å². The number of hydrogen-bond donors (Lipinski definition) is 1. The van der Waals surface area contributed by atoms with Crippen LogP contribution in [0, 0.1) is 21.4 Å². The highest BCUT2D eigenvalue weighted by Crippen LogP contribution is 2.40. The lowest BCUT2D eigenvalue weighted by Crippen LogP contribution is -1.95. The van der Waals surface area contributed by atoms with Crippen LogP contribution in [-0.4, -0.2) is 9.91 Å². The first-order valence-corrected chi connectivity index (χ1v) is 9.10. The molecule has 6 nitrogen and oxygen atoms in total. The van der Waals surface area contributed by atoms with Crippen molar-refractivity contribution in [3.63, 3.8) is 0 Å². The summed E-state index contributed by atoms with van der Waals surface area (Å²) in [4.78, 5) is 15.0. The number of aromatic nitrogens is 1. The van der Waals surface area contributed by atoms with Gasteiger partial charge >= 0.3 is 0 Å². The second-order valence-corrected chi connectivity index (χ2v) is 7.48. The summed E-state index contributed by atoms with van der Waals surface area (Å²) in [5.74, 6) is 0. The van der Waals surface area contributed by atoms with Crippen LogP contribution in [0.25, 0.3) is 20.3 Å². The highest BCUT2D eigenvalue weighted by Gasteiger charge is 2.17. The van der Waals surface area contributed by atoms with Crippen LogP contribution >= 0.6 is 27.3 Å². The number of non-ortho nitro benzene ring substituents is 1. The Morgan fingerprint density at radius 3 is 2.85 bits per heavy atom. The molecule has 2 aromatic heterocycles. The van der Waals surface area contributed by atoms with Crippen LogP contribution in [0.5, 0.6) is 0 Å². The molecule has 0 saturated heterocycles. The van der Waals surface area contributed by atoms with Crippen molar-refractivity contribution in [1.82, 2.24) is 4.98 Å². The summed E-state index contributed by atoms with van der Waals surface area (Å²) >= 11 is 4.88. The maximum Gasteiger partial charge on any atom is 0.270 e. The van der Waals surface area contributed by atoms with Crippen molar-refractivity contribution in [2.45, 2.75) is 0 Å². The van der Waals surface area contributed by atoms with Gasteiger partial charge in [-0.1, -0.05) is 22.0 Å². The first kappa shape index (κ1) is 16.4. The average Bonchev–Trinajstić information content (AvgIpc) is 3.00. The lowest BCUT2D eigenvalue weighted by molar-refractivity contribution is -0.384. The fourth-order valence-corrected chi connectivity index (χ4v) is 4.26. The van der Waals surface area contributed by atoms with E-state index in [0.717, 1.165) is 19.6 Å². The van der Waals surface area contributed by atoms with Crippen LogP contribution in [0.3, 0.4) is 0 Å². The number of pyridine rings is 1. The predicted octanol–water partition coefficient (Wildman–Crippen LogP) is 5.74. The van der Waals surface area contributed by atoms with E-state index in [9.17, 15) is 15.4 Å². The smallest absolute Gasteiger partial charge is 0.270 e. The highest BCUT2D eigenvalue weighted by molar-refractivity contribution is 9.10. The fourth-order valence-electron chi connectivity index (χ4n) is 2.72. The number of nitrogens with zero attached hydrogens (tertiary/aromatic N) is 3. The normalized spacial score (nSPS) is 10.8. The Hall–Kier alpha value is -3.02. The maximum absolute atomic E-state index is 11.1. The predicted molar refractivity (Wildman–Crippen MR) is 106 cm³/mol. The van der Waals surface area contributed by atoms with E-state index >= 15 is 0 Å². The molecule has 126 valence electrons. The number of halogens is 1. The van der Waals surface area contributed by atoms with Gasteiger partial charge in [0.2, 0.25) is 0 Å². The number of fused-ring (bicyclic) bond motifs is 3. The van der Waals surface area contributed by atoms with E-state index in [-0.39, 0.29) is 5.69 Å². The molecule has 0 saturated carbocycles. The zero-order chi connectivity index (χ0) is 18.3. The molecule has 0 amide bonds. The number of nitrogens with one attached hydrogen (secondary N) is 1. The van der Waals surface area contributed by atoms with E-state index in [1.807, 2.05) is 24.3 Å². The SMILES string of the molecule is N#Cc1cnc2c(sc3ccc([N+](=O)[O-])cc32)c1Nc1cccc(Br)c1. The lowest BCUT2D eigenvalue weighted by Gasteiger charge is -2.09. The Kier molecular flexibility index (Phi) is 4.03. The summed E-state index contributed by atoms with van der Waals surface area (Å²) in [6.45, 7) is 0. The van der Waals surface area contributed by atoms with Gasteiger partial charge in [0.1, 0.15) is 6.07 Å². The lowest BCUT2D eigenvalue weighted by atomic mass is 10.1. The third-order valence-corrected chi connectivity index (χ3v) is 5.56. The second kappa shape index (κ2) is 6.37. The fraction of sp³-hybridized carbons (Fsp3) is 0. The topological polar surface area (TPSA) is 91.8 Å². The van der Waals surface area contributed by atoms with Gasteiger partial charge in [-0.05, 0) is 24.3 Å². The molecule has 0 bridgehead atoms. The summed E-state index contributed by atoms with van der Waals surface area (Å²) in [6, 6.07) is 14.5. The van der Waals surface area contributed by atoms with Crippen molar-refractivity contribution in [3.8, 4) is 6.07 Å². The summed E-state index contributed by atoms with van der Waals surface area (Å²) in [6.07, 6.45) is 1.49. The molecule has 0 radical (unpaired) electrons. The number of benzene rings is 2. The zero-order valence-electron chi connectivity index (χ0n) is 13.1. The summed E-state index contributed by atoms with van der Waals surface area (Å²) in [5, 5.41) is 24.5. The van der Waals surface area contributed by atoms with Gasteiger partial charge in [-0.15, -0.1) is 11.3 Å². The van der Waals surface area contributed by atoms with Gasteiger partial charge < -0.3 is 5.32 Å². The Morgan fingerprint density at radius 1 is 1.27 bits per heavy atom. The number of nitriles is 1. The minimum atomic E-state index is -0.423. The largest absolute Gasteiger partial charge is 0.353 e. The third-order valence-electron chi connectivity index (χ3n) is 3.89. The van der Waals surface area contributed by atoms with Crippen LogP contribution in [0.4, 0.5) is 17.1 Å². The van der Waals surface area contributed by atoms with Crippen molar-refractivity contribution in [2.75, 3.05) is 5.32 Å². The molecule has 8 heteroatoms. The molecular weight excluding hydrogens is 416 g/mol. The minimum absolute atomic E-state index is 0.0184. The molecule has 0 atom stereocenters. The summed E-state index contributed by atoms with van der Waals surface area (Å²) in [5.41, 5.74) is 2.56. The first-order chi connectivity index (χ1) is 12.6. The molecule has 2 heterocycles. The molecule has 4 aromatic rings. The van der Waals surface area contributed by atoms with Crippen LogP contribution in [0.2, 0.25) is 0 Å². The molecule has 26 heavy (non-hydrogen) atoms. The molecule has 0 fully saturated rings. The van der Waals surface area contributed by atoms with Crippen molar-refractivity contribution in [1.29, 1.82) is 5.26 Å². The number of nitro groups is 1. The Labute approximate surface area is 160 Å². The van der Waals surface area contributed by atoms with Gasteiger partial charge in [0.15, 0.2) is 0 Å². The van der Waals surface area contributed by atoms with Gasteiger partial charge in [-0.3, -0.25) is 15.1 Å². The maximum atomic E-state index is 11.1. The number of anilines is 2. The minimum Gasteiger partial charge on any atom is -0.353 e. The third kappa shape index (κ3) is 2.77. The van der Waals surface area contributed by atoms with E-state index < -0.39 is 4.92 Å². The number of rotatable bonds is 3. The van der Waals surface area contributed by atoms with E-state index in [1.54, 1.807) is 6.07 Å². The van der Waals surface area contributed by atoms with Crippen molar-refractivity contribution in [2.24, 2.45) is 0 Å². The highest BCUT2D eigenvalue weighted by atomic mass is 79.9. The Bertz CT molecular complexity index is 1230.